The van der Waals surface area contributed by atoms with Gasteiger partial charge in [-0.2, -0.15) is 0 Å². The number of rotatable bonds is 5. The first-order chi connectivity index (χ1) is 10.0. The first-order valence-corrected chi connectivity index (χ1v) is 6.66. The van der Waals surface area contributed by atoms with Crippen LogP contribution in [0, 0.1) is 0 Å². The summed E-state index contributed by atoms with van der Waals surface area (Å²) in [7, 11) is 0. The van der Waals surface area contributed by atoms with Gasteiger partial charge in [0.1, 0.15) is 12.2 Å². The SMILES string of the molecule is CCCN(CC(=O)O)C(=O)c1cc2ccccc2c(=O)[nH]1. The summed E-state index contributed by atoms with van der Waals surface area (Å²) in [5.74, 6) is -1.57. The van der Waals surface area contributed by atoms with Crippen molar-refractivity contribution in [3.05, 3.63) is 46.4 Å². The molecule has 0 saturated heterocycles. The first kappa shape index (κ1) is 14.8. The van der Waals surface area contributed by atoms with E-state index in [1.54, 1.807) is 30.3 Å². The third-order valence-corrected chi connectivity index (χ3v) is 3.09. The molecule has 0 bridgehead atoms. The molecule has 1 heterocycles. The molecule has 0 aliphatic rings. The van der Waals surface area contributed by atoms with E-state index >= 15 is 0 Å². The molecule has 1 amide bonds. The van der Waals surface area contributed by atoms with Gasteiger partial charge in [-0.25, -0.2) is 0 Å². The summed E-state index contributed by atoms with van der Waals surface area (Å²) in [6.07, 6.45) is 0.636. The molecule has 2 rings (SSSR count). The number of benzene rings is 1. The molecule has 0 unspecified atom stereocenters. The van der Waals surface area contributed by atoms with Crippen molar-refractivity contribution in [3.63, 3.8) is 0 Å². The van der Waals surface area contributed by atoms with Crippen LogP contribution in [-0.4, -0.2) is 40.0 Å². The molecule has 0 aliphatic carbocycles. The molecule has 1 aromatic heterocycles. The number of amides is 1. The predicted octanol–water partition coefficient (Wildman–Crippen LogP) is 1.46. The van der Waals surface area contributed by atoms with Crippen molar-refractivity contribution >= 4 is 22.6 Å². The zero-order valence-electron chi connectivity index (χ0n) is 11.6. The zero-order valence-corrected chi connectivity index (χ0v) is 11.6. The van der Waals surface area contributed by atoms with E-state index in [2.05, 4.69) is 4.98 Å². The Kier molecular flexibility index (Phi) is 4.37. The number of aromatic amines is 1. The van der Waals surface area contributed by atoms with Crippen LogP contribution in [-0.2, 0) is 4.79 Å². The number of carboxylic acid groups (broad SMARTS) is 1. The largest absolute Gasteiger partial charge is 0.480 e. The molecule has 6 nitrogen and oxygen atoms in total. The predicted molar refractivity (Wildman–Crippen MR) is 78.4 cm³/mol. The normalized spacial score (nSPS) is 10.5. The molecule has 0 spiro atoms. The van der Waals surface area contributed by atoms with Gasteiger partial charge in [0, 0.05) is 11.9 Å². The summed E-state index contributed by atoms with van der Waals surface area (Å²) < 4.78 is 0. The lowest BCUT2D eigenvalue weighted by atomic mass is 10.1. The number of aliphatic carboxylic acids is 1. The van der Waals surface area contributed by atoms with Crippen molar-refractivity contribution in [1.82, 2.24) is 9.88 Å². The number of aromatic nitrogens is 1. The van der Waals surface area contributed by atoms with Gasteiger partial charge in [0.15, 0.2) is 0 Å². The van der Waals surface area contributed by atoms with Crippen LogP contribution < -0.4 is 5.56 Å². The molecule has 6 heteroatoms. The van der Waals surface area contributed by atoms with Crippen molar-refractivity contribution in [1.29, 1.82) is 0 Å². The van der Waals surface area contributed by atoms with Gasteiger partial charge in [-0.1, -0.05) is 25.1 Å². The van der Waals surface area contributed by atoms with Crippen LogP contribution >= 0.6 is 0 Å². The smallest absolute Gasteiger partial charge is 0.323 e. The number of fused-ring (bicyclic) bond motifs is 1. The number of hydrogen-bond acceptors (Lipinski definition) is 3. The number of nitrogens with zero attached hydrogens (tertiary/aromatic N) is 1. The van der Waals surface area contributed by atoms with Crippen LogP contribution in [0.3, 0.4) is 0 Å². The molecule has 0 fully saturated rings. The van der Waals surface area contributed by atoms with Gasteiger partial charge in [-0.05, 0) is 23.9 Å². The highest BCUT2D eigenvalue weighted by Crippen LogP contribution is 2.11. The van der Waals surface area contributed by atoms with Gasteiger partial charge in [-0.3, -0.25) is 14.4 Å². The van der Waals surface area contributed by atoms with Crippen molar-refractivity contribution in [2.45, 2.75) is 13.3 Å². The van der Waals surface area contributed by atoms with Gasteiger partial charge in [0.2, 0.25) is 0 Å². The summed E-state index contributed by atoms with van der Waals surface area (Å²) in [5.41, 5.74) is -0.253. The molecular formula is C15H16N2O4. The fourth-order valence-electron chi connectivity index (χ4n) is 2.18. The topological polar surface area (TPSA) is 90.5 Å². The molecule has 0 atom stereocenters. The Morgan fingerprint density at radius 1 is 1.29 bits per heavy atom. The highest BCUT2D eigenvalue weighted by atomic mass is 16.4. The van der Waals surface area contributed by atoms with Gasteiger partial charge in [-0.15, -0.1) is 0 Å². The average molecular weight is 288 g/mol. The van der Waals surface area contributed by atoms with E-state index in [-0.39, 0.29) is 17.8 Å². The summed E-state index contributed by atoms with van der Waals surface area (Å²) in [6, 6.07) is 8.50. The van der Waals surface area contributed by atoms with Crippen molar-refractivity contribution in [2.24, 2.45) is 0 Å². The highest BCUT2D eigenvalue weighted by molar-refractivity contribution is 5.97. The van der Waals surface area contributed by atoms with E-state index in [1.807, 2.05) is 6.92 Å². The Morgan fingerprint density at radius 3 is 2.67 bits per heavy atom. The summed E-state index contributed by atoms with van der Waals surface area (Å²) in [6.45, 7) is 1.78. The Hall–Kier alpha value is -2.63. The minimum absolute atomic E-state index is 0.105. The lowest BCUT2D eigenvalue weighted by molar-refractivity contribution is -0.137. The van der Waals surface area contributed by atoms with Crippen LogP contribution in [0.2, 0.25) is 0 Å². The second kappa shape index (κ2) is 6.21. The van der Waals surface area contributed by atoms with E-state index in [9.17, 15) is 14.4 Å². The molecule has 0 radical (unpaired) electrons. The van der Waals surface area contributed by atoms with E-state index in [0.29, 0.717) is 23.7 Å². The van der Waals surface area contributed by atoms with Gasteiger partial charge < -0.3 is 15.0 Å². The lowest BCUT2D eigenvalue weighted by Gasteiger charge is -2.19. The number of carboxylic acids is 1. The Labute approximate surface area is 121 Å². The van der Waals surface area contributed by atoms with E-state index in [0.717, 1.165) is 0 Å². The fourth-order valence-corrected chi connectivity index (χ4v) is 2.18. The van der Waals surface area contributed by atoms with Gasteiger partial charge >= 0.3 is 5.97 Å². The van der Waals surface area contributed by atoms with Crippen molar-refractivity contribution in [2.75, 3.05) is 13.1 Å². The van der Waals surface area contributed by atoms with E-state index in [1.165, 1.54) is 4.90 Å². The molecule has 0 saturated carbocycles. The summed E-state index contributed by atoms with van der Waals surface area (Å²) in [5, 5.41) is 10.0. The monoisotopic (exact) mass is 288 g/mol. The zero-order chi connectivity index (χ0) is 15.4. The van der Waals surface area contributed by atoms with Crippen LogP contribution in [0.25, 0.3) is 10.8 Å². The molecule has 0 aliphatic heterocycles. The molecule has 1 aromatic carbocycles. The number of carbonyl (C=O) groups excluding carboxylic acids is 1. The molecule has 21 heavy (non-hydrogen) atoms. The Bertz CT molecular complexity index is 736. The molecule has 2 aromatic rings. The second-order valence-corrected chi connectivity index (χ2v) is 4.72. The molecule has 110 valence electrons. The maximum atomic E-state index is 12.4. The quantitative estimate of drug-likeness (QED) is 0.871. The summed E-state index contributed by atoms with van der Waals surface area (Å²) >= 11 is 0. The Balaban J connectivity index is 2.42. The molecule has 2 N–H and O–H groups in total. The maximum absolute atomic E-state index is 12.4. The van der Waals surface area contributed by atoms with Crippen LogP contribution in [0.15, 0.2) is 35.1 Å². The number of carbonyl (C=O) groups is 2. The number of nitrogens with one attached hydrogen (secondary N) is 1. The number of hydrogen-bond donors (Lipinski definition) is 2. The third-order valence-electron chi connectivity index (χ3n) is 3.09. The van der Waals surface area contributed by atoms with E-state index < -0.39 is 11.9 Å². The van der Waals surface area contributed by atoms with Crippen molar-refractivity contribution < 1.29 is 14.7 Å². The van der Waals surface area contributed by atoms with Gasteiger partial charge in [0.25, 0.3) is 11.5 Å². The maximum Gasteiger partial charge on any atom is 0.323 e. The number of H-pyrrole nitrogens is 1. The van der Waals surface area contributed by atoms with Crippen molar-refractivity contribution in [3.8, 4) is 0 Å². The summed E-state index contributed by atoms with van der Waals surface area (Å²) in [4.78, 5) is 38.9. The standard InChI is InChI=1S/C15H16N2O4/c1-2-7-17(9-13(18)19)15(21)12-8-10-5-3-4-6-11(10)14(20)16-12/h3-6,8H,2,7,9H2,1H3,(H,16,20)(H,18,19). The third kappa shape index (κ3) is 3.28. The molecular weight excluding hydrogens is 272 g/mol. The van der Waals surface area contributed by atoms with Gasteiger partial charge in [0.05, 0.1) is 0 Å². The van der Waals surface area contributed by atoms with Crippen LogP contribution in [0.5, 0.6) is 0 Å². The lowest BCUT2D eigenvalue weighted by Crippen LogP contribution is -2.37. The van der Waals surface area contributed by atoms with Crippen LogP contribution in [0.1, 0.15) is 23.8 Å². The number of pyridine rings is 1. The highest BCUT2D eigenvalue weighted by Gasteiger charge is 2.19. The van der Waals surface area contributed by atoms with E-state index in [4.69, 9.17) is 5.11 Å². The first-order valence-electron chi connectivity index (χ1n) is 6.66. The van der Waals surface area contributed by atoms with Crippen LogP contribution in [0.4, 0.5) is 0 Å². The minimum atomic E-state index is -1.08. The Morgan fingerprint density at radius 2 is 2.00 bits per heavy atom. The second-order valence-electron chi connectivity index (χ2n) is 4.72. The minimum Gasteiger partial charge on any atom is -0.480 e. The average Bonchev–Trinajstić information content (AvgIpc) is 2.45. The fraction of sp³-hybridized carbons (Fsp3) is 0.267.